The largest absolute Gasteiger partial charge is 0.478 e. The minimum atomic E-state index is -0.966. The number of pyridine rings is 1. The van der Waals surface area contributed by atoms with Crippen LogP contribution in [0, 0.1) is 18.3 Å². The number of aryl methyl sites for hydroxylation is 1. The molecule has 0 saturated carbocycles. The van der Waals surface area contributed by atoms with Gasteiger partial charge in [0.2, 0.25) is 0 Å². The van der Waals surface area contributed by atoms with Gasteiger partial charge in [-0.15, -0.1) is 0 Å². The van der Waals surface area contributed by atoms with Gasteiger partial charge in [-0.05, 0) is 73.6 Å². The number of carboxylic acids is 1. The van der Waals surface area contributed by atoms with E-state index in [0.717, 1.165) is 40.4 Å². The highest BCUT2D eigenvalue weighted by Crippen LogP contribution is 2.34. The molecule has 1 fully saturated rings. The van der Waals surface area contributed by atoms with Crippen molar-refractivity contribution in [1.82, 2.24) is 4.98 Å². The molecule has 4 rings (SSSR count). The number of para-hydroxylation sites is 1. The number of hydrogen-bond acceptors (Lipinski definition) is 5. The lowest BCUT2D eigenvalue weighted by atomic mass is 9.88. The summed E-state index contributed by atoms with van der Waals surface area (Å²) in [6.07, 6.45) is 1.76. The second kappa shape index (κ2) is 8.75. The Bertz CT molecular complexity index is 1180. The van der Waals surface area contributed by atoms with E-state index in [-0.39, 0.29) is 17.5 Å². The Labute approximate surface area is 181 Å². The van der Waals surface area contributed by atoms with Crippen LogP contribution in [0.4, 0.5) is 5.69 Å². The summed E-state index contributed by atoms with van der Waals surface area (Å²) in [5.41, 5.74) is 5.11. The van der Waals surface area contributed by atoms with E-state index in [1.165, 1.54) is 0 Å². The number of ether oxygens (including phenoxy) is 1. The van der Waals surface area contributed by atoms with Crippen LogP contribution in [0.1, 0.15) is 64.5 Å². The Hall–Kier alpha value is -3.43. The van der Waals surface area contributed by atoms with Crippen molar-refractivity contribution in [3.05, 3.63) is 70.4 Å². The number of carboxylic acid groups (broad SMARTS) is 1. The number of rotatable bonds is 5. The highest BCUT2D eigenvalue weighted by Gasteiger charge is 2.22. The van der Waals surface area contributed by atoms with Crippen LogP contribution < -0.4 is 5.32 Å². The molecule has 1 aliphatic heterocycles. The third kappa shape index (κ3) is 4.23. The fraction of sp³-hybridized carbons (Fsp3) is 0.320. The second-order valence-corrected chi connectivity index (χ2v) is 8.06. The Kier molecular flexibility index (Phi) is 5.88. The zero-order chi connectivity index (χ0) is 22.0. The lowest BCUT2D eigenvalue weighted by Gasteiger charge is -2.24. The fourth-order valence-electron chi connectivity index (χ4n) is 4.34. The summed E-state index contributed by atoms with van der Waals surface area (Å²) in [5, 5.41) is 23.6. The van der Waals surface area contributed by atoms with Crippen LogP contribution in [0.15, 0.2) is 42.5 Å². The molecule has 6 heteroatoms. The van der Waals surface area contributed by atoms with Crippen molar-refractivity contribution in [1.29, 1.82) is 5.26 Å². The number of hydrogen-bond donors (Lipinski definition) is 2. The van der Waals surface area contributed by atoms with Crippen LogP contribution in [-0.4, -0.2) is 29.3 Å². The summed E-state index contributed by atoms with van der Waals surface area (Å²) in [6, 6.07) is 15.2. The van der Waals surface area contributed by atoms with Crippen molar-refractivity contribution < 1.29 is 14.6 Å². The van der Waals surface area contributed by atoms with Crippen LogP contribution in [0.3, 0.4) is 0 Å². The van der Waals surface area contributed by atoms with Gasteiger partial charge in [0.05, 0.1) is 11.1 Å². The smallest absolute Gasteiger partial charge is 0.337 e. The summed E-state index contributed by atoms with van der Waals surface area (Å²) >= 11 is 0. The molecule has 0 spiro atoms. The van der Waals surface area contributed by atoms with E-state index in [1.807, 2.05) is 26.0 Å². The minimum absolute atomic E-state index is 0.153. The summed E-state index contributed by atoms with van der Waals surface area (Å²) in [5.74, 6) is -0.711. The number of aromatic carboxylic acids is 1. The van der Waals surface area contributed by atoms with Crippen LogP contribution >= 0.6 is 0 Å². The zero-order valence-corrected chi connectivity index (χ0v) is 17.7. The maximum absolute atomic E-state index is 11.6. The van der Waals surface area contributed by atoms with Gasteiger partial charge in [-0.1, -0.05) is 18.2 Å². The molecule has 31 heavy (non-hydrogen) atoms. The van der Waals surface area contributed by atoms with Crippen molar-refractivity contribution in [3.63, 3.8) is 0 Å². The molecule has 0 radical (unpaired) electrons. The normalized spacial score (nSPS) is 15.4. The Morgan fingerprint density at radius 1 is 1.26 bits per heavy atom. The maximum Gasteiger partial charge on any atom is 0.337 e. The van der Waals surface area contributed by atoms with E-state index in [0.29, 0.717) is 24.6 Å². The summed E-state index contributed by atoms with van der Waals surface area (Å²) in [7, 11) is 0. The highest BCUT2D eigenvalue weighted by molar-refractivity contribution is 5.94. The minimum Gasteiger partial charge on any atom is -0.478 e. The molecule has 2 aromatic carbocycles. The lowest BCUT2D eigenvalue weighted by molar-refractivity contribution is 0.0698. The molecule has 0 amide bonds. The van der Waals surface area contributed by atoms with E-state index in [2.05, 4.69) is 23.5 Å². The number of carbonyl (C=O) groups is 1. The average molecular weight is 415 g/mol. The number of aromatic nitrogens is 1. The number of nitrogens with one attached hydrogen (secondary N) is 1. The van der Waals surface area contributed by atoms with Crippen molar-refractivity contribution >= 4 is 22.6 Å². The van der Waals surface area contributed by atoms with Gasteiger partial charge in [-0.3, -0.25) is 0 Å². The number of fused-ring (bicyclic) bond motifs is 1. The van der Waals surface area contributed by atoms with E-state index in [9.17, 15) is 15.2 Å². The number of nitriles is 1. The molecule has 1 atom stereocenters. The molecule has 2 heterocycles. The van der Waals surface area contributed by atoms with E-state index in [1.54, 1.807) is 18.2 Å². The van der Waals surface area contributed by atoms with Gasteiger partial charge in [0.25, 0.3) is 0 Å². The van der Waals surface area contributed by atoms with Crippen LogP contribution in [-0.2, 0) is 4.74 Å². The Morgan fingerprint density at radius 2 is 2.00 bits per heavy atom. The molecule has 0 unspecified atom stereocenters. The number of nitrogens with zero attached hydrogens (tertiary/aromatic N) is 2. The summed E-state index contributed by atoms with van der Waals surface area (Å²) in [6.45, 7) is 5.40. The van der Waals surface area contributed by atoms with Crippen molar-refractivity contribution in [2.24, 2.45) is 0 Å². The van der Waals surface area contributed by atoms with Gasteiger partial charge in [0, 0.05) is 30.3 Å². The molecule has 158 valence electrons. The lowest BCUT2D eigenvalue weighted by Crippen LogP contribution is -2.16. The molecular formula is C25H25N3O3. The van der Waals surface area contributed by atoms with Gasteiger partial charge in [-0.2, -0.15) is 5.26 Å². The van der Waals surface area contributed by atoms with Gasteiger partial charge in [0.15, 0.2) is 0 Å². The topological polar surface area (TPSA) is 95.2 Å². The second-order valence-electron chi connectivity index (χ2n) is 8.06. The molecule has 1 saturated heterocycles. The van der Waals surface area contributed by atoms with Crippen LogP contribution in [0.5, 0.6) is 0 Å². The molecule has 0 aliphatic carbocycles. The SMILES string of the molecule is Cc1cc([C@H](C)Nc2ccccc2C(=O)O)c2cc(C3CCOCC3)c(C#N)nc2c1. The van der Waals surface area contributed by atoms with Gasteiger partial charge >= 0.3 is 5.97 Å². The fourth-order valence-corrected chi connectivity index (χ4v) is 4.34. The average Bonchev–Trinajstić information content (AvgIpc) is 2.78. The molecule has 2 N–H and O–H groups in total. The zero-order valence-electron chi connectivity index (χ0n) is 17.7. The molecule has 3 aromatic rings. The molecule has 1 aliphatic rings. The Morgan fingerprint density at radius 3 is 2.71 bits per heavy atom. The van der Waals surface area contributed by atoms with Gasteiger partial charge in [0.1, 0.15) is 11.8 Å². The van der Waals surface area contributed by atoms with Crippen molar-refractivity contribution in [2.75, 3.05) is 18.5 Å². The van der Waals surface area contributed by atoms with Crippen molar-refractivity contribution in [2.45, 2.75) is 38.6 Å². The van der Waals surface area contributed by atoms with Gasteiger partial charge < -0.3 is 15.2 Å². The van der Waals surface area contributed by atoms with E-state index >= 15 is 0 Å². The Balaban J connectivity index is 1.80. The highest BCUT2D eigenvalue weighted by atomic mass is 16.5. The van der Waals surface area contributed by atoms with E-state index < -0.39 is 5.97 Å². The van der Waals surface area contributed by atoms with Crippen molar-refractivity contribution in [3.8, 4) is 6.07 Å². The van der Waals surface area contributed by atoms with E-state index in [4.69, 9.17) is 9.72 Å². The number of benzene rings is 2. The van der Waals surface area contributed by atoms with Crippen LogP contribution in [0.25, 0.3) is 10.9 Å². The summed E-state index contributed by atoms with van der Waals surface area (Å²) in [4.78, 5) is 16.3. The molecular weight excluding hydrogens is 390 g/mol. The van der Waals surface area contributed by atoms with Gasteiger partial charge in [-0.25, -0.2) is 9.78 Å². The molecule has 6 nitrogen and oxygen atoms in total. The monoisotopic (exact) mass is 415 g/mol. The first kappa shape index (κ1) is 20.8. The third-order valence-electron chi connectivity index (χ3n) is 5.90. The molecule has 0 bridgehead atoms. The summed E-state index contributed by atoms with van der Waals surface area (Å²) < 4.78 is 5.50. The standard InChI is InChI=1S/C25H25N3O3/c1-15-11-19(16(2)27-22-6-4-3-5-18(22)25(29)30)21-13-20(17-7-9-31-10-8-17)24(14-26)28-23(21)12-15/h3-6,11-13,16-17,27H,7-10H2,1-2H3,(H,29,30)/t16-/m0/s1. The maximum atomic E-state index is 11.6. The third-order valence-corrected chi connectivity index (χ3v) is 5.90. The first-order chi connectivity index (χ1) is 15.0. The predicted octanol–water partition coefficient (Wildman–Crippen LogP) is 5.18. The van der Waals surface area contributed by atoms with Crippen LogP contribution in [0.2, 0.25) is 0 Å². The number of anilines is 1. The first-order valence-corrected chi connectivity index (χ1v) is 10.5. The predicted molar refractivity (Wildman–Crippen MR) is 119 cm³/mol. The quantitative estimate of drug-likeness (QED) is 0.596. The first-order valence-electron chi connectivity index (χ1n) is 10.5. The molecule has 1 aromatic heterocycles.